The predicted molar refractivity (Wildman–Crippen MR) is 195 cm³/mol. The second-order valence-electron chi connectivity index (χ2n) is 12.5. The molecule has 0 atom stereocenters. The van der Waals surface area contributed by atoms with Gasteiger partial charge in [-0.1, -0.05) is 97.1 Å². The molecule has 0 spiro atoms. The molecule has 4 aromatic heterocycles. The maximum Gasteiger partial charge on any atom is 0.0552 e. The normalized spacial score (nSPS) is 13.5. The van der Waals surface area contributed by atoms with Gasteiger partial charge in [-0.15, -0.1) is 22.7 Å². The molecule has 0 bridgehead atoms. The molecule has 13 aromatic rings. The second kappa shape index (κ2) is 6.81. The fraction of sp³-hybridized carbons (Fsp3) is 0. The summed E-state index contributed by atoms with van der Waals surface area (Å²) < 4.78 is 5.59. The molecule has 0 amide bonds. The average molecular weight is 591 g/mol. The molecule has 44 heavy (non-hydrogen) atoms. The number of benzene rings is 8. The van der Waals surface area contributed by atoms with Gasteiger partial charge in [-0.25, -0.2) is 0 Å². The Kier molecular flexibility index (Phi) is 3.33. The van der Waals surface area contributed by atoms with Crippen molar-refractivity contribution < 1.29 is 0 Å². The summed E-state index contributed by atoms with van der Waals surface area (Å²) in [6.45, 7) is 0. The Morgan fingerprint density at radius 3 is 0.750 bits per heavy atom. The van der Waals surface area contributed by atoms with E-state index in [2.05, 4.69) is 107 Å². The van der Waals surface area contributed by atoms with Crippen molar-refractivity contribution in [1.29, 1.82) is 0 Å². The summed E-state index contributed by atoms with van der Waals surface area (Å²) in [5.41, 5.74) is 5.04. The number of aromatic nitrogens is 2. The van der Waals surface area contributed by atoms with E-state index in [1.165, 1.54) is 127 Å². The number of thiophene rings is 2. The lowest BCUT2D eigenvalue weighted by molar-refractivity contribution is 1.59. The van der Waals surface area contributed by atoms with Gasteiger partial charge in [0.1, 0.15) is 0 Å². The Hall–Kier alpha value is -5.16. The van der Waals surface area contributed by atoms with Crippen LogP contribution in [0.5, 0.6) is 0 Å². The molecule has 0 aliphatic rings. The van der Waals surface area contributed by atoms with E-state index in [-0.39, 0.29) is 0 Å². The molecule has 0 aliphatic carbocycles. The van der Waals surface area contributed by atoms with Crippen LogP contribution in [0.25, 0.3) is 127 Å². The third kappa shape index (κ3) is 2.08. The minimum absolute atomic E-state index is 1.26. The average Bonchev–Trinajstić information content (AvgIpc) is 3.84. The van der Waals surface area contributed by atoms with Gasteiger partial charge in [0, 0.05) is 105 Å². The number of H-pyrrole nitrogens is 2. The SMILES string of the molecule is c1ccc2c(c1)c1[nH]c3c4ccccc4c4sc5c6ccccc6c6[nH]c7c8ccccc8c8sc2c2c1c3c4c5c6c7c82. The van der Waals surface area contributed by atoms with Crippen molar-refractivity contribution in [3.63, 3.8) is 0 Å². The summed E-state index contributed by atoms with van der Waals surface area (Å²) in [5.74, 6) is 0. The second-order valence-corrected chi connectivity index (χ2v) is 14.5. The highest BCUT2D eigenvalue weighted by Crippen LogP contribution is 2.58. The molecular formula is C40H18N2S2. The third-order valence-corrected chi connectivity index (χ3v) is 13.1. The molecule has 4 heteroatoms. The van der Waals surface area contributed by atoms with Crippen molar-refractivity contribution in [3.8, 4) is 0 Å². The number of nitrogens with one attached hydrogen (secondary N) is 2. The molecular weight excluding hydrogens is 573 g/mol. The van der Waals surface area contributed by atoms with Crippen molar-refractivity contribution in [2.45, 2.75) is 0 Å². The van der Waals surface area contributed by atoms with Crippen LogP contribution in [0.15, 0.2) is 97.1 Å². The van der Waals surface area contributed by atoms with Crippen molar-refractivity contribution in [3.05, 3.63) is 97.1 Å². The van der Waals surface area contributed by atoms with Crippen LogP contribution in [0.4, 0.5) is 0 Å². The zero-order chi connectivity index (χ0) is 28.0. The predicted octanol–water partition coefficient (Wildman–Crippen LogP) is 12.6. The molecule has 2 N–H and O–H groups in total. The first-order valence-corrected chi connectivity index (χ1v) is 16.8. The number of hydrogen-bond donors (Lipinski definition) is 2. The summed E-state index contributed by atoms with van der Waals surface area (Å²) >= 11 is 3.97. The molecule has 0 aliphatic heterocycles. The van der Waals surface area contributed by atoms with E-state index in [9.17, 15) is 0 Å². The monoisotopic (exact) mass is 590 g/mol. The van der Waals surface area contributed by atoms with E-state index in [4.69, 9.17) is 0 Å². The molecule has 2 nitrogen and oxygen atoms in total. The van der Waals surface area contributed by atoms with E-state index in [1.807, 2.05) is 22.7 Å². The highest BCUT2D eigenvalue weighted by Gasteiger charge is 2.30. The quantitative estimate of drug-likeness (QED) is 0.176. The van der Waals surface area contributed by atoms with Gasteiger partial charge in [0.05, 0.1) is 22.1 Å². The highest BCUT2D eigenvalue weighted by molar-refractivity contribution is 7.29. The van der Waals surface area contributed by atoms with E-state index in [1.54, 1.807) is 0 Å². The lowest BCUT2D eigenvalue weighted by atomic mass is 9.89. The van der Waals surface area contributed by atoms with E-state index >= 15 is 0 Å². The van der Waals surface area contributed by atoms with Crippen molar-refractivity contribution in [2.75, 3.05) is 0 Å². The number of hydrogen-bond acceptors (Lipinski definition) is 2. The summed E-state index contributed by atoms with van der Waals surface area (Å²) in [5, 5.41) is 21.8. The fourth-order valence-corrected chi connectivity index (χ4v) is 11.8. The third-order valence-electron chi connectivity index (χ3n) is 10.6. The summed E-state index contributed by atoms with van der Waals surface area (Å²) in [6, 6.07) is 36.1. The molecule has 0 radical (unpaired) electrons. The van der Waals surface area contributed by atoms with Crippen LogP contribution in [-0.2, 0) is 0 Å². The Bertz CT molecular complexity index is 2670. The Balaban J connectivity index is 1.58. The standard InChI is InChI=1S/C40H18N2S2/c1-5-13-21-17(9-1)33-25-26-30-32-28-27-31-29(25)37(21)43-38(31)23-15-7-3-11-19(23)35(27)42-36(28)20-12-4-8-16-24(20)40(32)44-39(30)22-14-6-2-10-18(22)34(26)41-33/h1-16,41-42H. The zero-order valence-corrected chi connectivity index (χ0v) is 24.7. The summed E-state index contributed by atoms with van der Waals surface area (Å²) in [7, 11) is 0. The first-order chi connectivity index (χ1) is 21.9. The van der Waals surface area contributed by atoms with Crippen LogP contribution in [0.1, 0.15) is 0 Å². The Morgan fingerprint density at radius 1 is 0.273 bits per heavy atom. The van der Waals surface area contributed by atoms with Gasteiger partial charge < -0.3 is 9.97 Å². The van der Waals surface area contributed by atoms with E-state index in [0.717, 1.165) is 0 Å². The van der Waals surface area contributed by atoms with E-state index in [0.29, 0.717) is 0 Å². The van der Waals surface area contributed by atoms with Crippen molar-refractivity contribution >= 4 is 150 Å². The van der Waals surface area contributed by atoms with Crippen LogP contribution in [0.3, 0.4) is 0 Å². The molecule has 9 aromatic carbocycles. The number of aromatic amines is 2. The largest absolute Gasteiger partial charge is 0.353 e. The van der Waals surface area contributed by atoms with Crippen molar-refractivity contribution in [2.24, 2.45) is 0 Å². The maximum atomic E-state index is 4.07. The van der Waals surface area contributed by atoms with Crippen LogP contribution in [-0.4, -0.2) is 9.97 Å². The lowest BCUT2D eigenvalue weighted by Crippen LogP contribution is -1.83. The van der Waals surface area contributed by atoms with Gasteiger partial charge in [0.2, 0.25) is 0 Å². The number of fused-ring (bicyclic) bond motifs is 12. The van der Waals surface area contributed by atoms with Gasteiger partial charge in [0.25, 0.3) is 0 Å². The lowest BCUT2D eigenvalue weighted by Gasteiger charge is -2.10. The smallest absolute Gasteiger partial charge is 0.0552 e. The van der Waals surface area contributed by atoms with E-state index < -0.39 is 0 Å². The molecule has 0 saturated carbocycles. The molecule has 0 saturated heterocycles. The van der Waals surface area contributed by atoms with Gasteiger partial charge in [-0.3, -0.25) is 0 Å². The Morgan fingerprint density at radius 2 is 0.500 bits per heavy atom. The van der Waals surface area contributed by atoms with Gasteiger partial charge in [0.15, 0.2) is 0 Å². The Labute approximate surface area is 255 Å². The topological polar surface area (TPSA) is 31.6 Å². The van der Waals surface area contributed by atoms with Crippen molar-refractivity contribution in [1.82, 2.24) is 9.97 Å². The maximum absolute atomic E-state index is 4.07. The summed E-state index contributed by atoms with van der Waals surface area (Å²) in [4.78, 5) is 8.15. The summed E-state index contributed by atoms with van der Waals surface area (Å²) in [6.07, 6.45) is 0. The van der Waals surface area contributed by atoms with Crippen LogP contribution in [0.2, 0.25) is 0 Å². The molecule has 4 heterocycles. The minimum atomic E-state index is 1.26. The number of rotatable bonds is 0. The highest BCUT2D eigenvalue weighted by atomic mass is 32.1. The van der Waals surface area contributed by atoms with Gasteiger partial charge >= 0.3 is 0 Å². The molecule has 200 valence electrons. The molecule has 0 unspecified atom stereocenters. The zero-order valence-electron chi connectivity index (χ0n) is 23.1. The molecule has 0 fully saturated rings. The van der Waals surface area contributed by atoms with Crippen LogP contribution < -0.4 is 0 Å². The molecule has 13 rings (SSSR count). The van der Waals surface area contributed by atoms with Crippen LogP contribution in [0, 0.1) is 0 Å². The van der Waals surface area contributed by atoms with Gasteiger partial charge in [-0.2, -0.15) is 0 Å². The minimum Gasteiger partial charge on any atom is -0.353 e. The first-order valence-electron chi connectivity index (χ1n) is 15.1. The first kappa shape index (κ1) is 21.5. The van der Waals surface area contributed by atoms with Gasteiger partial charge in [-0.05, 0) is 0 Å². The van der Waals surface area contributed by atoms with Crippen LogP contribution >= 0.6 is 22.7 Å². The fourth-order valence-electron chi connectivity index (χ4n) is 8.98.